The summed E-state index contributed by atoms with van der Waals surface area (Å²) in [4.78, 5) is 0. The van der Waals surface area contributed by atoms with Crippen molar-refractivity contribution in [3.8, 4) is 22.3 Å². The molecule has 0 aliphatic heterocycles. The van der Waals surface area contributed by atoms with Crippen molar-refractivity contribution in [1.29, 1.82) is 0 Å². The molecule has 1 unspecified atom stereocenters. The lowest BCUT2D eigenvalue weighted by atomic mass is 9.85. The van der Waals surface area contributed by atoms with Gasteiger partial charge in [-0.05, 0) is 95.4 Å². The van der Waals surface area contributed by atoms with E-state index in [2.05, 4.69) is 141 Å². The highest BCUT2D eigenvalue weighted by atomic mass is 14.2. The number of fused-ring (bicyclic) bond motifs is 4. The second-order valence-electron chi connectivity index (χ2n) is 10.5. The van der Waals surface area contributed by atoms with E-state index in [9.17, 15) is 0 Å². The van der Waals surface area contributed by atoms with E-state index in [1.54, 1.807) is 0 Å². The highest BCUT2D eigenvalue weighted by Gasteiger charge is 2.17. The molecule has 38 heavy (non-hydrogen) atoms. The van der Waals surface area contributed by atoms with Gasteiger partial charge in [0.2, 0.25) is 0 Å². The molecule has 0 heterocycles. The van der Waals surface area contributed by atoms with Crippen LogP contribution in [0.25, 0.3) is 65.3 Å². The molecule has 7 aromatic rings. The minimum Gasteiger partial charge on any atom is -0.0648 e. The average Bonchev–Trinajstić information content (AvgIpc) is 2.98. The van der Waals surface area contributed by atoms with Gasteiger partial charge in [0.15, 0.2) is 0 Å². The second kappa shape index (κ2) is 9.15. The summed E-state index contributed by atoms with van der Waals surface area (Å²) in [7, 11) is 0. The Labute approximate surface area is 224 Å². The molecule has 0 nitrogen and oxygen atoms in total. The van der Waals surface area contributed by atoms with Crippen LogP contribution < -0.4 is 0 Å². The van der Waals surface area contributed by atoms with E-state index >= 15 is 0 Å². The summed E-state index contributed by atoms with van der Waals surface area (Å²) < 4.78 is 0. The Balaban J connectivity index is 1.51. The molecule has 7 rings (SSSR count). The van der Waals surface area contributed by atoms with Gasteiger partial charge < -0.3 is 0 Å². The molecule has 7 aromatic carbocycles. The van der Waals surface area contributed by atoms with Gasteiger partial charge in [-0.15, -0.1) is 0 Å². The van der Waals surface area contributed by atoms with Crippen LogP contribution >= 0.6 is 0 Å². The molecule has 0 amide bonds. The molecule has 0 aromatic heterocycles. The molecule has 0 radical (unpaired) electrons. The van der Waals surface area contributed by atoms with Crippen molar-refractivity contribution < 1.29 is 0 Å². The maximum atomic E-state index is 2.37. The van der Waals surface area contributed by atoms with Crippen molar-refractivity contribution in [2.75, 3.05) is 0 Å². The van der Waals surface area contributed by atoms with Gasteiger partial charge in [0.25, 0.3) is 0 Å². The molecular weight excluding hydrogens is 456 g/mol. The van der Waals surface area contributed by atoms with Crippen LogP contribution in [0.1, 0.15) is 31.7 Å². The molecule has 0 saturated carbocycles. The SMILES string of the molecule is CCC(C)c1ccc2cc(-c3c4ccccc4c(-c4ccc5ccccc5c4)c4ccccc34)ccc2c1. The van der Waals surface area contributed by atoms with E-state index in [1.165, 1.54) is 70.9 Å². The van der Waals surface area contributed by atoms with Gasteiger partial charge in [0, 0.05) is 0 Å². The molecule has 0 N–H and O–H groups in total. The molecular formula is C38H30. The first-order valence-electron chi connectivity index (χ1n) is 13.7. The van der Waals surface area contributed by atoms with Gasteiger partial charge in [0.1, 0.15) is 0 Å². The molecule has 0 fully saturated rings. The smallest absolute Gasteiger partial charge is 0.00262 e. The normalized spacial score (nSPS) is 12.5. The Hall–Kier alpha value is -4.42. The van der Waals surface area contributed by atoms with Crippen LogP contribution in [-0.2, 0) is 0 Å². The van der Waals surface area contributed by atoms with Gasteiger partial charge in [-0.2, -0.15) is 0 Å². The monoisotopic (exact) mass is 486 g/mol. The van der Waals surface area contributed by atoms with E-state index in [4.69, 9.17) is 0 Å². The lowest BCUT2D eigenvalue weighted by Gasteiger charge is -2.18. The Bertz CT molecular complexity index is 1920. The zero-order valence-electron chi connectivity index (χ0n) is 21.9. The molecule has 0 spiro atoms. The largest absolute Gasteiger partial charge is 0.0648 e. The fraction of sp³-hybridized carbons (Fsp3) is 0.105. The summed E-state index contributed by atoms with van der Waals surface area (Å²) in [6.07, 6.45) is 1.16. The Morgan fingerprint density at radius 3 is 1.42 bits per heavy atom. The van der Waals surface area contributed by atoms with Crippen molar-refractivity contribution in [1.82, 2.24) is 0 Å². The molecule has 0 bridgehead atoms. The van der Waals surface area contributed by atoms with E-state index in [1.807, 2.05) is 0 Å². The summed E-state index contributed by atoms with van der Waals surface area (Å²) in [5.74, 6) is 0.578. The van der Waals surface area contributed by atoms with Crippen LogP contribution in [0.2, 0.25) is 0 Å². The van der Waals surface area contributed by atoms with Crippen molar-refractivity contribution in [2.24, 2.45) is 0 Å². The van der Waals surface area contributed by atoms with E-state index in [0.717, 1.165) is 6.42 Å². The van der Waals surface area contributed by atoms with Gasteiger partial charge in [-0.3, -0.25) is 0 Å². The van der Waals surface area contributed by atoms with Crippen LogP contribution in [0.5, 0.6) is 0 Å². The highest BCUT2D eigenvalue weighted by Crippen LogP contribution is 2.44. The molecule has 0 aliphatic carbocycles. The van der Waals surface area contributed by atoms with Crippen LogP contribution in [0.4, 0.5) is 0 Å². The fourth-order valence-electron chi connectivity index (χ4n) is 6.06. The highest BCUT2D eigenvalue weighted by molar-refractivity contribution is 6.22. The zero-order valence-corrected chi connectivity index (χ0v) is 21.9. The maximum absolute atomic E-state index is 2.37. The van der Waals surface area contributed by atoms with Crippen LogP contribution in [-0.4, -0.2) is 0 Å². The van der Waals surface area contributed by atoms with Crippen molar-refractivity contribution in [3.63, 3.8) is 0 Å². The van der Waals surface area contributed by atoms with Crippen LogP contribution in [0.15, 0.2) is 127 Å². The Morgan fingerprint density at radius 2 is 0.868 bits per heavy atom. The van der Waals surface area contributed by atoms with Gasteiger partial charge in [0.05, 0.1) is 0 Å². The van der Waals surface area contributed by atoms with Crippen molar-refractivity contribution in [3.05, 3.63) is 133 Å². The molecule has 0 aliphatic rings. The van der Waals surface area contributed by atoms with E-state index < -0.39 is 0 Å². The second-order valence-corrected chi connectivity index (χ2v) is 10.5. The first-order chi connectivity index (χ1) is 18.7. The quantitative estimate of drug-likeness (QED) is 0.217. The number of hydrogen-bond acceptors (Lipinski definition) is 0. The third kappa shape index (κ3) is 3.68. The standard InChI is InChI=1S/C38H30/c1-3-25(2)27-17-18-30-24-32(21-19-29(30)22-27)38-35-14-8-6-12-33(35)37(34-13-7-9-15-36(34)38)31-20-16-26-10-4-5-11-28(26)23-31/h4-25H,3H2,1-2H3. The third-order valence-electron chi connectivity index (χ3n) is 8.30. The van der Waals surface area contributed by atoms with Gasteiger partial charge in [-0.1, -0.05) is 129 Å². The Kier molecular flexibility index (Phi) is 5.48. The van der Waals surface area contributed by atoms with Crippen molar-refractivity contribution in [2.45, 2.75) is 26.2 Å². The van der Waals surface area contributed by atoms with Crippen molar-refractivity contribution >= 4 is 43.1 Å². The van der Waals surface area contributed by atoms with Crippen LogP contribution in [0.3, 0.4) is 0 Å². The lowest BCUT2D eigenvalue weighted by Crippen LogP contribution is -1.92. The summed E-state index contributed by atoms with van der Waals surface area (Å²) in [6, 6.07) is 47.3. The summed E-state index contributed by atoms with van der Waals surface area (Å²) in [5, 5.41) is 10.3. The van der Waals surface area contributed by atoms with Crippen LogP contribution in [0, 0.1) is 0 Å². The third-order valence-corrected chi connectivity index (χ3v) is 8.30. The van der Waals surface area contributed by atoms with Gasteiger partial charge in [-0.25, -0.2) is 0 Å². The molecule has 0 heteroatoms. The van der Waals surface area contributed by atoms with E-state index in [0.29, 0.717) is 5.92 Å². The summed E-state index contributed by atoms with van der Waals surface area (Å²) in [6.45, 7) is 4.57. The number of hydrogen-bond donors (Lipinski definition) is 0. The molecule has 1 atom stereocenters. The predicted octanol–water partition coefficient (Wildman–Crippen LogP) is 11.1. The molecule has 182 valence electrons. The van der Waals surface area contributed by atoms with E-state index in [-0.39, 0.29) is 0 Å². The molecule has 0 saturated heterocycles. The first-order valence-corrected chi connectivity index (χ1v) is 13.7. The Morgan fingerprint density at radius 1 is 0.447 bits per heavy atom. The summed E-state index contributed by atoms with van der Waals surface area (Å²) >= 11 is 0. The average molecular weight is 487 g/mol. The first kappa shape index (κ1) is 22.8. The summed E-state index contributed by atoms with van der Waals surface area (Å²) in [5.41, 5.74) is 6.58. The maximum Gasteiger partial charge on any atom is -0.00262 e. The predicted molar refractivity (Wildman–Crippen MR) is 166 cm³/mol. The minimum atomic E-state index is 0.578. The number of benzene rings is 7. The van der Waals surface area contributed by atoms with Gasteiger partial charge >= 0.3 is 0 Å². The number of rotatable bonds is 4. The lowest BCUT2D eigenvalue weighted by molar-refractivity contribution is 0.735. The zero-order chi connectivity index (χ0) is 25.6. The minimum absolute atomic E-state index is 0.578. The topological polar surface area (TPSA) is 0 Å². The fourth-order valence-corrected chi connectivity index (χ4v) is 6.06.